The molecular formula is C29H39ClN2O3. The highest BCUT2D eigenvalue weighted by atomic mass is 35.5. The van der Waals surface area contributed by atoms with Crippen LogP contribution in [0.5, 0.6) is 11.5 Å². The molecule has 190 valence electrons. The zero-order valence-corrected chi connectivity index (χ0v) is 22.3. The first-order valence-electron chi connectivity index (χ1n) is 13.0. The molecule has 2 aliphatic rings. The van der Waals surface area contributed by atoms with Gasteiger partial charge in [0.2, 0.25) is 5.91 Å². The van der Waals surface area contributed by atoms with Crippen molar-refractivity contribution >= 4 is 17.5 Å². The van der Waals surface area contributed by atoms with Gasteiger partial charge in [-0.15, -0.1) is 0 Å². The fraction of sp³-hybridized carbons (Fsp3) is 0.552. The Bertz CT molecular complexity index is 1020. The minimum atomic E-state index is 0.0239. The molecule has 2 aromatic carbocycles. The molecule has 0 unspecified atom stereocenters. The van der Waals surface area contributed by atoms with Gasteiger partial charge >= 0.3 is 0 Å². The van der Waals surface area contributed by atoms with Gasteiger partial charge < -0.3 is 14.4 Å². The number of benzene rings is 2. The van der Waals surface area contributed by atoms with Crippen molar-refractivity contribution in [3.63, 3.8) is 0 Å². The average Bonchev–Trinajstić information content (AvgIpc) is 3.14. The number of hydrogen-bond acceptors (Lipinski definition) is 4. The van der Waals surface area contributed by atoms with Crippen molar-refractivity contribution in [3.8, 4) is 11.5 Å². The molecule has 0 radical (unpaired) electrons. The molecule has 1 fully saturated rings. The summed E-state index contributed by atoms with van der Waals surface area (Å²) < 4.78 is 11.6. The summed E-state index contributed by atoms with van der Waals surface area (Å²) in [5.41, 5.74) is 3.75. The maximum atomic E-state index is 13.7. The lowest BCUT2D eigenvalue weighted by molar-refractivity contribution is -0.136. The molecule has 0 N–H and O–H groups in total. The van der Waals surface area contributed by atoms with E-state index in [2.05, 4.69) is 56.9 Å². The largest absolute Gasteiger partial charge is 0.489 e. The molecule has 4 rings (SSSR count). The lowest BCUT2D eigenvalue weighted by atomic mass is 9.97. The minimum absolute atomic E-state index is 0.0239. The molecular weight excluding hydrogens is 460 g/mol. The van der Waals surface area contributed by atoms with Crippen LogP contribution < -0.4 is 9.47 Å². The molecule has 2 heterocycles. The van der Waals surface area contributed by atoms with Gasteiger partial charge in [0.25, 0.3) is 0 Å². The average molecular weight is 499 g/mol. The van der Waals surface area contributed by atoms with Gasteiger partial charge in [0.15, 0.2) is 11.5 Å². The number of likely N-dealkylation sites (tertiary alicyclic amines) is 1. The molecule has 1 saturated heterocycles. The van der Waals surface area contributed by atoms with Crippen LogP contribution in [0.2, 0.25) is 5.02 Å². The summed E-state index contributed by atoms with van der Waals surface area (Å²) in [7, 11) is 0. The van der Waals surface area contributed by atoms with Crippen molar-refractivity contribution in [2.24, 2.45) is 11.8 Å². The summed E-state index contributed by atoms with van der Waals surface area (Å²) >= 11 is 6.53. The van der Waals surface area contributed by atoms with Gasteiger partial charge in [-0.05, 0) is 53.6 Å². The Morgan fingerprint density at radius 1 is 1.14 bits per heavy atom. The standard InChI is InChI=1S/C29H39ClN2O3/c1-20(2)16-32(17-22-14-26(30)28-27(15-22)34-12-7-13-35-28)29(33)24-10-11-31(19-24)18-23-8-5-6-9-25(23)21(3)4/h5-6,8-9,14-15,20-21,24H,7,10-13,16-19H2,1-4H3/t24-/m1/s1. The van der Waals surface area contributed by atoms with Gasteiger partial charge in [-0.2, -0.15) is 0 Å². The Kier molecular flexibility index (Phi) is 8.61. The van der Waals surface area contributed by atoms with Crippen LogP contribution in [0.4, 0.5) is 0 Å². The molecule has 0 aromatic heterocycles. The van der Waals surface area contributed by atoms with Crippen molar-refractivity contribution in [1.82, 2.24) is 9.80 Å². The highest BCUT2D eigenvalue weighted by molar-refractivity contribution is 6.32. The van der Waals surface area contributed by atoms with E-state index in [1.54, 1.807) is 0 Å². The zero-order valence-electron chi connectivity index (χ0n) is 21.6. The number of nitrogens with zero attached hydrogens (tertiary/aromatic N) is 2. The Morgan fingerprint density at radius 2 is 1.91 bits per heavy atom. The number of rotatable bonds is 8. The van der Waals surface area contributed by atoms with Crippen LogP contribution in [-0.4, -0.2) is 48.6 Å². The Labute approximate surface area is 215 Å². The second-order valence-corrected chi connectivity index (χ2v) is 11.0. The molecule has 0 bridgehead atoms. The van der Waals surface area contributed by atoms with Gasteiger partial charge in [-0.3, -0.25) is 9.69 Å². The number of halogens is 1. The summed E-state index contributed by atoms with van der Waals surface area (Å²) in [5.74, 6) is 2.43. The van der Waals surface area contributed by atoms with Gasteiger partial charge in [0.1, 0.15) is 0 Å². The van der Waals surface area contributed by atoms with Crippen molar-refractivity contribution < 1.29 is 14.3 Å². The summed E-state index contributed by atoms with van der Waals surface area (Å²) in [5, 5.41) is 0.548. The van der Waals surface area contributed by atoms with Crippen molar-refractivity contribution in [2.45, 2.75) is 59.5 Å². The topological polar surface area (TPSA) is 42.0 Å². The first-order chi connectivity index (χ1) is 16.8. The highest BCUT2D eigenvalue weighted by Gasteiger charge is 2.32. The molecule has 6 heteroatoms. The van der Waals surface area contributed by atoms with E-state index in [4.69, 9.17) is 21.1 Å². The normalized spacial score (nSPS) is 18.2. The predicted octanol–water partition coefficient (Wildman–Crippen LogP) is 6.13. The quantitative estimate of drug-likeness (QED) is 0.439. The second-order valence-electron chi connectivity index (χ2n) is 10.6. The molecule has 0 aliphatic carbocycles. The van der Waals surface area contributed by atoms with Gasteiger partial charge in [-0.1, -0.05) is 63.6 Å². The van der Waals surface area contributed by atoms with Crippen molar-refractivity contribution in [2.75, 3.05) is 32.8 Å². The number of carbonyl (C=O) groups is 1. The fourth-order valence-electron chi connectivity index (χ4n) is 5.19. The number of ether oxygens (including phenoxy) is 2. The molecule has 1 amide bonds. The number of amides is 1. The van der Waals surface area contributed by atoms with Gasteiger partial charge in [-0.25, -0.2) is 0 Å². The summed E-state index contributed by atoms with van der Waals surface area (Å²) in [6.07, 6.45) is 1.73. The van der Waals surface area contributed by atoms with Crippen molar-refractivity contribution in [1.29, 1.82) is 0 Å². The fourth-order valence-corrected chi connectivity index (χ4v) is 5.48. The van der Waals surface area contributed by atoms with E-state index in [0.717, 1.165) is 44.6 Å². The molecule has 2 aromatic rings. The second kappa shape index (κ2) is 11.7. The van der Waals surface area contributed by atoms with E-state index in [0.29, 0.717) is 48.1 Å². The van der Waals surface area contributed by atoms with E-state index < -0.39 is 0 Å². The Balaban J connectivity index is 1.45. The van der Waals surface area contributed by atoms with E-state index >= 15 is 0 Å². The smallest absolute Gasteiger partial charge is 0.227 e. The van der Waals surface area contributed by atoms with Crippen LogP contribution in [0.15, 0.2) is 36.4 Å². The van der Waals surface area contributed by atoms with Crippen LogP contribution in [0.1, 0.15) is 63.1 Å². The van der Waals surface area contributed by atoms with Crippen LogP contribution in [-0.2, 0) is 17.9 Å². The third-order valence-electron chi connectivity index (χ3n) is 6.83. The molecule has 0 saturated carbocycles. The highest BCUT2D eigenvalue weighted by Crippen LogP contribution is 2.38. The van der Waals surface area contributed by atoms with E-state index in [-0.39, 0.29) is 11.8 Å². The van der Waals surface area contributed by atoms with Gasteiger partial charge in [0, 0.05) is 32.6 Å². The van der Waals surface area contributed by atoms with E-state index in [1.165, 1.54) is 11.1 Å². The number of carbonyl (C=O) groups excluding carboxylic acids is 1. The summed E-state index contributed by atoms with van der Waals surface area (Å²) in [6, 6.07) is 12.6. The predicted molar refractivity (Wildman–Crippen MR) is 141 cm³/mol. The third-order valence-corrected chi connectivity index (χ3v) is 7.11. The first kappa shape index (κ1) is 25.8. The molecule has 0 spiro atoms. The Morgan fingerprint density at radius 3 is 2.69 bits per heavy atom. The molecule has 35 heavy (non-hydrogen) atoms. The minimum Gasteiger partial charge on any atom is -0.489 e. The van der Waals surface area contributed by atoms with Crippen LogP contribution in [0.25, 0.3) is 0 Å². The lowest BCUT2D eigenvalue weighted by Gasteiger charge is -2.28. The van der Waals surface area contributed by atoms with Crippen LogP contribution in [0, 0.1) is 11.8 Å². The molecule has 1 atom stereocenters. The maximum absolute atomic E-state index is 13.7. The third kappa shape index (κ3) is 6.50. The monoisotopic (exact) mass is 498 g/mol. The van der Waals surface area contributed by atoms with Crippen molar-refractivity contribution in [3.05, 3.63) is 58.1 Å². The van der Waals surface area contributed by atoms with Crippen LogP contribution in [0.3, 0.4) is 0 Å². The van der Waals surface area contributed by atoms with E-state index in [9.17, 15) is 4.79 Å². The SMILES string of the molecule is CC(C)CN(Cc1cc(Cl)c2c(c1)OCCCO2)C(=O)[C@@H]1CCN(Cc2ccccc2C(C)C)C1. The van der Waals surface area contributed by atoms with Gasteiger partial charge in [0.05, 0.1) is 24.2 Å². The van der Waals surface area contributed by atoms with E-state index in [1.807, 2.05) is 17.0 Å². The summed E-state index contributed by atoms with van der Waals surface area (Å²) in [6.45, 7) is 13.9. The van der Waals surface area contributed by atoms with Crippen LogP contribution >= 0.6 is 11.6 Å². The molecule has 5 nitrogen and oxygen atoms in total. The summed E-state index contributed by atoms with van der Waals surface area (Å²) in [4.78, 5) is 18.1. The zero-order chi connectivity index (χ0) is 24.9. The lowest BCUT2D eigenvalue weighted by Crippen LogP contribution is -2.39. The number of hydrogen-bond donors (Lipinski definition) is 0. The Hall–Kier alpha value is -2.24. The maximum Gasteiger partial charge on any atom is 0.227 e. The molecule has 2 aliphatic heterocycles. The number of fused-ring (bicyclic) bond motifs is 1. The first-order valence-corrected chi connectivity index (χ1v) is 13.4.